The Balaban J connectivity index is 1.44. The number of rotatable bonds is 7. The van der Waals surface area contributed by atoms with Crippen molar-refractivity contribution in [2.45, 2.75) is 52.1 Å². The van der Waals surface area contributed by atoms with E-state index in [0.29, 0.717) is 12.6 Å². The number of aryl methyl sites for hydroxylation is 1. The number of likely N-dealkylation sites (tertiary alicyclic amines) is 1. The number of nitrogens with zero attached hydrogens (tertiary/aromatic N) is 3. The molecule has 2 N–H and O–H groups in total. The number of guanidine groups is 1. The van der Waals surface area contributed by atoms with Crippen LogP contribution in [0.25, 0.3) is 0 Å². The standard InChI is InChI=1S/C19H33N5OS/c1-3-18-22-17(14-26-18)11-21-19(20-4-2)23-16-5-8-24(9-6-16)12-15-7-10-25-13-15/h14-16H,3-13H2,1-2H3,(H2,20,21,23). The molecule has 0 spiro atoms. The molecule has 2 aliphatic heterocycles. The molecular weight excluding hydrogens is 346 g/mol. The van der Waals surface area contributed by atoms with E-state index in [2.05, 4.69) is 39.7 Å². The molecule has 3 rings (SSSR count). The lowest BCUT2D eigenvalue weighted by Crippen LogP contribution is -2.49. The molecule has 0 radical (unpaired) electrons. The minimum Gasteiger partial charge on any atom is -0.381 e. The van der Waals surface area contributed by atoms with Crippen molar-refractivity contribution in [1.82, 2.24) is 20.5 Å². The Bertz CT molecular complexity index is 562. The van der Waals surface area contributed by atoms with Crippen LogP contribution < -0.4 is 10.6 Å². The van der Waals surface area contributed by atoms with Crippen molar-refractivity contribution in [3.05, 3.63) is 16.1 Å². The van der Waals surface area contributed by atoms with Gasteiger partial charge in [0.15, 0.2) is 5.96 Å². The highest BCUT2D eigenvalue weighted by molar-refractivity contribution is 7.09. The third-order valence-corrected chi connectivity index (χ3v) is 6.16. The van der Waals surface area contributed by atoms with Gasteiger partial charge in [0.2, 0.25) is 0 Å². The van der Waals surface area contributed by atoms with Crippen LogP contribution >= 0.6 is 11.3 Å². The van der Waals surface area contributed by atoms with Gasteiger partial charge in [0, 0.05) is 44.2 Å². The topological polar surface area (TPSA) is 61.8 Å². The van der Waals surface area contributed by atoms with Crippen LogP contribution in [-0.4, -0.2) is 61.3 Å². The highest BCUT2D eigenvalue weighted by Crippen LogP contribution is 2.17. The molecule has 0 aromatic carbocycles. The summed E-state index contributed by atoms with van der Waals surface area (Å²) in [5.41, 5.74) is 1.07. The summed E-state index contributed by atoms with van der Waals surface area (Å²) < 4.78 is 5.50. The minimum atomic E-state index is 0.505. The lowest BCUT2D eigenvalue weighted by atomic mass is 10.0. The number of aromatic nitrogens is 1. The molecule has 26 heavy (non-hydrogen) atoms. The summed E-state index contributed by atoms with van der Waals surface area (Å²) in [6.45, 7) is 11.2. The zero-order chi connectivity index (χ0) is 18.2. The lowest BCUT2D eigenvalue weighted by molar-refractivity contribution is 0.150. The van der Waals surface area contributed by atoms with Crippen molar-refractivity contribution in [3.8, 4) is 0 Å². The van der Waals surface area contributed by atoms with E-state index in [1.807, 2.05) is 0 Å². The van der Waals surface area contributed by atoms with E-state index in [4.69, 9.17) is 9.73 Å². The van der Waals surface area contributed by atoms with E-state index in [0.717, 1.165) is 43.8 Å². The average Bonchev–Trinajstić information content (AvgIpc) is 3.33. The number of hydrogen-bond acceptors (Lipinski definition) is 5. The largest absolute Gasteiger partial charge is 0.381 e. The maximum Gasteiger partial charge on any atom is 0.191 e. The monoisotopic (exact) mass is 379 g/mol. The molecule has 2 fully saturated rings. The van der Waals surface area contributed by atoms with Gasteiger partial charge in [-0.1, -0.05) is 6.92 Å². The van der Waals surface area contributed by atoms with Crippen LogP contribution in [0.2, 0.25) is 0 Å². The Morgan fingerprint density at radius 2 is 2.19 bits per heavy atom. The van der Waals surface area contributed by atoms with Crippen molar-refractivity contribution < 1.29 is 4.74 Å². The van der Waals surface area contributed by atoms with Crippen molar-refractivity contribution in [3.63, 3.8) is 0 Å². The zero-order valence-electron chi connectivity index (χ0n) is 16.2. The smallest absolute Gasteiger partial charge is 0.191 e. The fraction of sp³-hybridized carbons (Fsp3) is 0.789. The Morgan fingerprint density at radius 3 is 2.85 bits per heavy atom. The number of nitrogens with one attached hydrogen (secondary N) is 2. The van der Waals surface area contributed by atoms with Crippen molar-refractivity contribution >= 4 is 17.3 Å². The first-order valence-corrected chi connectivity index (χ1v) is 10.9. The summed E-state index contributed by atoms with van der Waals surface area (Å²) in [4.78, 5) is 11.9. The highest BCUT2D eigenvalue weighted by atomic mass is 32.1. The fourth-order valence-electron chi connectivity index (χ4n) is 3.61. The summed E-state index contributed by atoms with van der Waals surface area (Å²) in [7, 11) is 0. The quantitative estimate of drug-likeness (QED) is 0.562. The van der Waals surface area contributed by atoms with E-state index >= 15 is 0 Å². The van der Waals surface area contributed by atoms with Gasteiger partial charge in [-0.05, 0) is 38.5 Å². The van der Waals surface area contributed by atoms with E-state index in [9.17, 15) is 0 Å². The van der Waals surface area contributed by atoms with Crippen molar-refractivity contribution in [1.29, 1.82) is 0 Å². The molecule has 7 heteroatoms. The van der Waals surface area contributed by atoms with Gasteiger partial charge in [0.05, 0.1) is 23.9 Å². The average molecular weight is 380 g/mol. The van der Waals surface area contributed by atoms with Gasteiger partial charge in [-0.25, -0.2) is 9.98 Å². The molecule has 146 valence electrons. The molecule has 2 aliphatic rings. The van der Waals surface area contributed by atoms with Crippen LogP contribution in [-0.2, 0) is 17.7 Å². The van der Waals surface area contributed by atoms with Gasteiger partial charge in [-0.3, -0.25) is 0 Å². The second kappa shape index (κ2) is 10.2. The lowest BCUT2D eigenvalue weighted by Gasteiger charge is -2.34. The summed E-state index contributed by atoms with van der Waals surface area (Å²) in [5, 5.41) is 10.3. The third-order valence-electron chi connectivity index (χ3n) is 5.11. The van der Waals surface area contributed by atoms with Gasteiger partial charge in [0.25, 0.3) is 0 Å². The molecule has 1 aromatic heterocycles. The third kappa shape index (κ3) is 5.93. The molecule has 0 bridgehead atoms. The Labute approximate surface area is 161 Å². The number of aliphatic imine (C=N–C) groups is 1. The Morgan fingerprint density at radius 1 is 1.35 bits per heavy atom. The predicted octanol–water partition coefficient (Wildman–Crippen LogP) is 2.26. The van der Waals surface area contributed by atoms with Gasteiger partial charge >= 0.3 is 0 Å². The van der Waals surface area contributed by atoms with Gasteiger partial charge < -0.3 is 20.3 Å². The van der Waals surface area contributed by atoms with Crippen LogP contribution in [0.4, 0.5) is 0 Å². The number of ether oxygens (including phenoxy) is 1. The molecule has 0 aliphatic carbocycles. The summed E-state index contributed by atoms with van der Waals surface area (Å²) in [6, 6.07) is 0.505. The molecule has 1 unspecified atom stereocenters. The first kappa shape index (κ1) is 19.6. The molecule has 1 atom stereocenters. The van der Waals surface area contributed by atoms with Gasteiger partial charge in [-0.2, -0.15) is 0 Å². The first-order valence-electron chi connectivity index (χ1n) is 10.0. The van der Waals surface area contributed by atoms with E-state index < -0.39 is 0 Å². The van der Waals surface area contributed by atoms with Crippen LogP contribution in [0.5, 0.6) is 0 Å². The Hall–Kier alpha value is -1.18. The summed E-state index contributed by atoms with van der Waals surface area (Å²) in [6.07, 6.45) is 4.58. The Kier molecular flexibility index (Phi) is 7.70. The molecular formula is C19H33N5OS. The fourth-order valence-corrected chi connectivity index (χ4v) is 4.35. The number of piperidine rings is 1. The van der Waals surface area contributed by atoms with Crippen LogP contribution in [0.3, 0.4) is 0 Å². The molecule has 6 nitrogen and oxygen atoms in total. The SMILES string of the molecule is CCNC(=NCc1csc(CC)n1)NC1CCN(CC2CCOC2)CC1. The second-order valence-electron chi connectivity index (χ2n) is 7.23. The summed E-state index contributed by atoms with van der Waals surface area (Å²) in [5.74, 6) is 1.66. The number of thiazole rings is 1. The maximum atomic E-state index is 5.50. The zero-order valence-corrected chi connectivity index (χ0v) is 17.0. The van der Waals surface area contributed by atoms with Crippen LogP contribution in [0.1, 0.15) is 43.8 Å². The van der Waals surface area contributed by atoms with E-state index in [-0.39, 0.29) is 0 Å². The maximum absolute atomic E-state index is 5.50. The normalized spacial score (nSPS) is 22.7. The molecule has 0 amide bonds. The van der Waals surface area contributed by atoms with E-state index in [1.54, 1.807) is 11.3 Å². The van der Waals surface area contributed by atoms with Gasteiger partial charge in [-0.15, -0.1) is 11.3 Å². The first-order chi connectivity index (χ1) is 12.8. The molecule has 0 saturated carbocycles. The second-order valence-corrected chi connectivity index (χ2v) is 8.17. The van der Waals surface area contributed by atoms with Crippen molar-refractivity contribution in [2.24, 2.45) is 10.9 Å². The van der Waals surface area contributed by atoms with E-state index in [1.165, 1.54) is 43.9 Å². The van der Waals surface area contributed by atoms with Crippen LogP contribution in [0, 0.1) is 5.92 Å². The highest BCUT2D eigenvalue weighted by Gasteiger charge is 2.24. The van der Waals surface area contributed by atoms with Crippen LogP contribution in [0.15, 0.2) is 10.4 Å². The molecule has 2 saturated heterocycles. The molecule has 3 heterocycles. The van der Waals surface area contributed by atoms with Crippen molar-refractivity contribution in [2.75, 3.05) is 39.4 Å². The summed E-state index contributed by atoms with van der Waals surface area (Å²) >= 11 is 1.73. The van der Waals surface area contributed by atoms with Gasteiger partial charge in [0.1, 0.15) is 0 Å². The predicted molar refractivity (Wildman–Crippen MR) is 108 cm³/mol. The molecule has 1 aromatic rings. The number of hydrogen-bond donors (Lipinski definition) is 2. The minimum absolute atomic E-state index is 0.505.